The fraction of sp³-hybridized carbons (Fsp3) is 0.529. The summed E-state index contributed by atoms with van der Waals surface area (Å²) in [4.78, 5) is 6.47. The average molecular weight is 290 g/mol. The maximum absolute atomic E-state index is 3.75. The number of aryl methyl sites for hydroxylation is 1. The van der Waals surface area contributed by atoms with Crippen molar-refractivity contribution in [1.82, 2.24) is 9.88 Å². The predicted octanol–water partition coefficient (Wildman–Crippen LogP) is 0.819. The molecule has 0 aliphatic carbocycles. The standard InChI is InChI=1S/C17H22N2.ClH/c1-17-10-4-5-11-19(17)12-6-8-14-13-7-2-3-9-15(13)18-16(14)17;/h2-3,7,9,18H,4-6,8,10-12H2,1H3;1H/p-1. The van der Waals surface area contributed by atoms with E-state index in [9.17, 15) is 0 Å². The van der Waals surface area contributed by atoms with Gasteiger partial charge in [-0.05, 0) is 63.7 Å². The Labute approximate surface area is 127 Å². The summed E-state index contributed by atoms with van der Waals surface area (Å²) in [6, 6.07) is 8.81. The molecule has 108 valence electrons. The molecule has 1 aromatic carbocycles. The number of benzene rings is 1. The van der Waals surface area contributed by atoms with Crippen molar-refractivity contribution < 1.29 is 12.4 Å². The molecule has 2 nitrogen and oxygen atoms in total. The van der Waals surface area contributed by atoms with Crippen molar-refractivity contribution in [3.63, 3.8) is 0 Å². The van der Waals surface area contributed by atoms with Crippen LogP contribution in [0.1, 0.15) is 43.9 Å². The lowest BCUT2D eigenvalue weighted by Crippen LogP contribution is -3.00. The van der Waals surface area contributed by atoms with Crippen molar-refractivity contribution in [3.05, 3.63) is 35.5 Å². The maximum atomic E-state index is 3.75. The molecule has 0 radical (unpaired) electrons. The van der Waals surface area contributed by atoms with E-state index in [-0.39, 0.29) is 17.9 Å². The van der Waals surface area contributed by atoms with Gasteiger partial charge in [-0.1, -0.05) is 18.2 Å². The molecule has 1 unspecified atom stereocenters. The zero-order chi connectivity index (χ0) is 12.9. The molecule has 4 rings (SSSR count). The van der Waals surface area contributed by atoms with Gasteiger partial charge in [0.15, 0.2) is 0 Å². The zero-order valence-electron chi connectivity index (χ0n) is 12.1. The molecule has 1 N–H and O–H groups in total. The third-order valence-electron chi connectivity index (χ3n) is 5.25. The van der Waals surface area contributed by atoms with Crippen molar-refractivity contribution in [2.75, 3.05) is 13.1 Å². The Bertz CT molecular complexity index is 618. The third kappa shape index (κ3) is 1.89. The van der Waals surface area contributed by atoms with E-state index in [4.69, 9.17) is 0 Å². The number of piperidine rings is 1. The minimum absolute atomic E-state index is 0. The van der Waals surface area contributed by atoms with E-state index >= 15 is 0 Å². The topological polar surface area (TPSA) is 19.0 Å². The average Bonchev–Trinajstić information content (AvgIpc) is 2.74. The van der Waals surface area contributed by atoms with Crippen LogP contribution in [0.3, 0.4) is 0 Å². The zero-order valence-corrected chi connectivity index (χ0v) is 12.8. The van der Waals surface area contributed by atoms with Crippen LogP contribution < -0.4 is 12.4 Å². The quantitative estimate of drug-likeness (QED) is 0.761. The van der Waals surface area contributed by atoms with Crippen LogP contribution in [0, 0.1) is 0 Å². The Morgan fingerprint density at radius 3 is 2.80 bits per heavy atom. The molecular formula is C17H22ClN2-. The Morgan fingerprint density at radius 2 is 1.90 bits per heavy atom. The second-order valence-corrected chi connectivity index (χ2v) is 6.35. The van der Waals surface area contributed by atoms with Crippen LogP contribution in [-0.4, -0.2) is 23.0 Å². The minimum Gasteiger partial charge on any atom is -1.00 e. The SMILES string of the molecule is CC12CCCCN1CCCc1c2[nH]c2ccccc12.[Cl-]. The second kappa shape index (κ2) is 5.09. The molecule has 2 aliphatic heterocycles. The summed E-state index contributed by atoms with van der Waals surface area (Å²) in [6.07, 6.45) is 6.55. The highest BCUT2D eigenvalue weighted by atomic mass is 35.5. The van der Waals surface area contributed by atoms with Gasteiger partial charge in [0, 0.05) is 16.6 Å². The number of aromatic amines is 1. The van der Waals surface area contributed by atoms with Gasteiger partial charge in [-0.2, -0.15) is 0 Å². The van der Waals surface area contributed by atoms with Gasteiger partial charge in [0.25, 0.3) is 0 Å². The van der Waals surface area contributed by atoms with Gasteiger partial charge in [-0.25, -0.2) is 0 Å². The number of hydrogen-bond donors (Lipinski definition) is 1. The molecule has 1 atom stereocenters. The molecule has 20 heavy (non-hydrogen) atoms. The number of nitrogens with one attached hydrogen (secondary N) is 1. The van der Waals surface area contributed by atoms with Crippen molar-refractivity contribution >= 4 is 10.9 Å². The summed E-state index contributed by atoms with van der Waals surface area (Å²) in [5.74, 6) is 0. The molecule has 3 heteroatoms. The summed E-state index contributed by atoms with van der Waals surface area (Å²) >= 11 is 0. The molecule has 0 saturated carbocycles. The van der Waals surface area contributed by atoms with Crippen molar-refractivity contribution in [2.45, 2.75) is 44.6 Å². The predicted molar refractivity (Wildman–Crippen MR) is 79.4 cm³/mol. The molecule has 0 bridgehead atoms. The molecule has 0 spiro atoms. The van der Waals surface area contributed by atoms with Gasteiger partial charge in [0.05, 0.1) is 5.54 Å². The van der Waals surface area contributed by atoms with Crippen LogP contribution in [0.25, 0.3) is 10.9 Å². The molecule has 1 aromatic heterocycles. The summed E-state index contributed by atoms with van der Waals surface area (Å²) in [5, 5.41) is 1.45. The summed E-state index contributed by atoms with van der Waals surface area (Å²) in [6.45, 7) is 4.98. The highest BCUT2D eigenvalue weighted by Crippen LogP contribution is 2.42. The summed E-state index contributed by atoms with van der Waals surface area (Å²) < 4.78 is 0. The smallest absolute Gasteiger partial charge is 0.0586 e. The first kappa shape index (κ1) is 14.0. The van der Waals surface area contributed by atoms with Gasteiger partial charge in [-0.3, -0.25) is 4.90 Å². The number of H-pyrrole nitrogens is 1. The van der Waals surface area contributed by atoms with Crippen molar-refractivity contribution in [3.8, 4) is 0 Å². The molecular weight excluding hydrogens is 268 g/mol. The van der Waals surface area contributed by atoms with Crippen LogP contribution in [0.2, 0.25) is 0 Å². The lowest BCUT2D eigenvalue weighted by atomic mass is 9.84. The number of aromatic nitrogens is 1. The van der Waals surface area contributed by atoms with E-state index in [0.717, 1.165) is 0 Å². The van der Waals surface area contributed by atoms with Crippen molar-refractivity contribution in [1.29, 1.82) is 0 Å². The van der Waals surface area contributed by atoms with Gasteiger partial charge < -0.3 is 17.4 Å². The van der Waals surface area contributed by atoms with Gasteiger partial charge in [-0.15, -0.1) is 0 Å². The number of para-hydroxylation sites is 1. The fourth-order valence-corrected chi connectivity index (χ4v) is 4.18. The molecule has 2 aromatic rings. The first-order valence-electron chi connectivity index (χ1n) is 7.64. The molecule has 0 amide bonds. The van der Waals surface area contributed by atoms with E-state index < -0.39 is 0 Å². The van der Waals surface area contributed by atoms with Gasteiger partial charge in [0.1, 0.15) is 0 Å². The minimum atomic E-state index is 0. The van der Waals surface area contributed by atoms with Crippen LogP contribution in [0.15, 0.2) is 24.3 Å². The van der Waals surface area contributed by atoms with Gasteiger partial charge >= 0.3 is 0 Å². The molecule has 3 heterocycles. The highest BCUT2D eigenvalue weighted by Gasteiger charge is 2.40. The molecule has 1 saturated heterocycles. The fourth-order valence-electron chi connectivity index (χ4n) is 4.18. The van der Waals surface area contributed by atoms with Crippen LogP contribution >= 0.6 is 0 Å². The highest BCUT2D eigenvalue weighted by molar-refractivity contribution is 5.85. The Kier molecular flexibility index (Phi) is 3.55. The summed E-state index contributed by atoms with van der Waals surface area (Å²) in [7, 11) is 0. The Hall–Kier alpha value is -0.990. The van der Waals surface area contributed by atoms with E-state index in [0.29, 0.717) is 0 Å². The number of rotatable bonds is 0. The van der Waals surface area contributed by atoms with E-state index in [1.165, 1.54) is 61.8 Å². The lowest BCUT2D eigenvalue weighted by molar-refractivity contribution is -0.00000456. The van der Waals surface area contributed by atoms with E-state index in [1.54, 1.807) is 5.56 Å². The largest absolute Gasteiger partial charge is 1.00 e. The number of halogens is 1. The first-order valence-corrected chi connectivity index (χ1v) is 7.64. The van der Waals surface area contributed by atoms with Crippen LogP contribution in [-0.2, 0) is 12.0 Å². The number of nitrogens with zero attached hydrogens (tertiary/aromatic N) is 1. The molecule has 2 aliphatic rings. The van der Waals surface area contributed by atoms with E-state index in [1.807, 2.05) is 0 Å². The Morgan fingerprint density at radius 1 is 1.10 bits per heavy atom. The van der Waals surface area contributed by atoms with Gasteiger partial charge in [0.2, 0.25) is 0 Å². The Balaban J connectivity index is 0.00000121. The number of fused-ring (bicyclic) bond motifs is 5. The molecule has 1 fully saturated rings. The third-order valence-corrected chi connectivity index (χ3v) is 5.25. The maximum Gasteiger partial charge on any atom is 0.0586 e. The lowest BCUT2D eigenvalue weighted by Gasteiger charge is -2.44. The normalized spacial score (nSPS) is 26.4. The van der Waals surface area contributed by atoms with E-state index in [2.05, 4.69) is 41.1 Å². The second-order valence-electron chi connectivity index (χ2n) is 6.35. The van der Waals surface area contributed by atoms with Crippen LogP contribution in [0.5, 0.6) is 0 Å². The van der Waals surface area contributed by atoms with Crippen LogP contribution in [0.4, 0.5) is 0 Å². The first-order chi connectivity index (χ1) is 9.29. The monoisotopic (exact) mass is 289 g/mol. The number of hydrogen-bond acceptors (Lipinski definition) is 1. The van der Waals surface area contributed by atoms with Crippen molar-refractivity contribution in [2.24, 2.45) is 0 Å². The summed E-state index contributed by atoms with van der Waals surface area (Å²) in [5.41, 5.74) is 4.65.